The summed E-state index contributed by atoms with van der Waals surface area (Å²) in [4.78, 5) is 0. The first kappa shape index (κ1) is 11.7. The Morgan fingerprint density at radius 1 is 1.29 bits per heavy atom. The van der Waals surface area contributed by atoms with Gasteiger partial charge in [0, 0.05) is 31.5 Å². The highest BCUT2D eigenvalue weighted by atomic mass is 15.3. The van der Waals surface area contributed by atoms with Crippen LogP contribution in [0, 0.1) is 0 Å². The maximum atomic E-state index is 4.52. The highest BCUT2D eigenvalue weighted by molar-refractivity contribution is 5.32. The third-order valence-electron chi connectivity index (χ3n) is 2.87. The van der Waals surface area contributed by atoms with Gasteiger partial charge in [0.15, 0.2) is 0 Å². The van der Waals surface area contributed by atoms with Crippen molar-refractivity contribution in [1.29, 1.82) is 0 Å². The molecule has 0 saturated heterocycles. The Morgan fingerprint density at radius 2 is 2.12 bits per heavy atom. The van der Waals surface area contributed by atoms with Crippen LogP contribution in [0.3, 0.4) is 0 Å². The lowest BCUT2D eigenvalue weighted by atomic mass is 10.3. The van der Waals surface area contributed by atoms with Crippen LogP contribution in [0.15, 0.2) is 24.5 Å². The quantitative estimate of drug-likeness (QED) is 0.861. The molecule has 0 aliphatic carbocycles. The van der Waals surface area contributed by atoms with Crippen molar-refractivity contribution in [2.24, 2.45) is 7.05 Å². The van der Waals surface area contributed by atoms with Crippen LogP contribution in [0.2, 0.25) is 0 Å². The Balaban J connectivity index is 1.93. The van der Waals surface area contributed by atoms with Gasteiger partial charge in [-0.1, -0.05) is 6.92 Å². The van der Waals surface area contributed by atoms with Gasteiger partial charge < -0.3 is 5.32 Å². The van der Waals surface area contributed by atoms with Gasteiger partial charge in [-0.3, -0.25) is 9.36 Å². The van der Waals surface area contributed by atoms with E-state index in [0.29, 0.717) is 12.6 Å². The molecular formula is C12H19N5. The van der Waals surface area contributed by atoms with Gasteiger partial charge in [-0.2, -0.15) is 10.2 Å². The number of hydrogen-bond donors (Lipinski definition) is 1. The maximum Gasteiger partial charge on any atom is 0.148 e. The van der Waals surface area contributed by atoms with E-state index in [1.807, 2.05) is 36.3 Å². The third kappa shape index (κ3) is 2.87. The van der Waals surface area contributed by atoms with Crippen molar-refractivity contribution in [1.82, 2.24) is 19.6 Å². The standard InChI is InChI=1S/C12H19N5/c1-4-10(2)17-8-5-11(14-17)9-13-12-6-7-16(3)15-12/h5-8,10H,4,9H2,1-3H3,(H,13,15). The molecule has 1 unspecified atom stereocenters. The van der Waals surface area contributed by atoms with Gasteiger partial charge in [-0.15, -0.1) is 0 Å². The smallest absolute Gasteiger partial charge is 0.148 e. The molecule has 0 aromatic carbocycles. The lowest BCUT2D eigenvalue weighted by molar-refractivity contribution is 0.474. The van der Waals surface area contributed by atoms with E-state index in [1.165, 1.54) is 0 Å². The molecule has 0 spiro atoms. The summed E-state index contributed by atoms with van der Waals surface area (Å²) in [5, 5.41) is 12.0. The predicted octanol–water partition coefficient (Wildman–Crippen LogP) is 2.20. The van der Waals surface area contributed by atoms with Gasteiger partial charge in [0.2, 0.25) is 0 Å². The number of nitrogens with zero attached hydrogens (tertiary/aromatic N) is 4. The summed E-state index contributed by atoms with van der Waals surface area (Å²) in [5.74, 6) is 0.880. The van der Waals surface area contributed by atoms with E-state index in [9.17, 15) is 0 Å². The van der Waals surface area contributed by atoms with E-state index in [0.717, 1.165) is 17.9 Å². The summed E-state index contributed by atoms with van der Waals surface area (Å²) < 4.78 is 3.79. The molecule has 1 atom stereocenters. The highest BCUT2D eigenvalue weighted by Gasteiger charge is 2.04. The van der Waals surface area contributed by atoms with E-state index < -0.39 is 0 Å². The molecular weight excluding hydrogens is 214 g/mol. The topological polar surface area (TPSA) is 47.7 Å². The van der Waals surface area contributed by atoms with Gasteiger partial charge in [-0.05, 0) is 19.4 Å². The minimum Gasteiger partial charge on any atom is -0.363 e. The first-order valence-corrected chi connectivity index (χ1v) is 5.96. The fraction of sp³-hybridized carbons (Fsp3) is 0.500. The molecule has 17 heavy (non-hydrogen) atoms. The monoisotopic (exact) mass is 233 g/mol. The Bertz CT molecular complexity index is 471. The van der Waals surface area contributed by atoms with Crippen LogP contribution in [-0.2, 0) is 13.6 Å². The molecule has 1 N–H and O–H groups in total. The van der Waals surface area contributed by atoms with Crippen molar-refractivity contribution >= 4 is 5.82 Å². The molecule has 2 heterocycles. The van der Waals surface area contributed by atoms with Crippen LogP contribution in [0.1, 0.15) is 32.0 Å². The zero-order chi connectivity index (χ0) is 12.3. The van der Waals surface area contributed by atoms with Crippen molar-refractivity contribution in [3.05, 3.63) is 30.2 Å². The van der Waals surface area contributed by atoms with Crippen molar-refractivity contribution in [3.63, 3.8) is 0 Å². The molecule has 0 aliphatic rings. The minimum atomic E-state index is 0.457. The summed E-state index contributed by atoms with van der Waals surface area (Å²) in [6.45, 7) is 5.04. The molecule has 2 aromatic rings. The normalized spacial score (nSPS) is 12.6. The molecule has 5 heteroatoms. The Morgan fingerprint density at radius 3 is 2.76 bits per heavy atom. The van der Waals surface area contributed by atoms with Crippen LogP contribution in [-0.4, -0.2) is 19.6 Å². The summed E-state index contributed by atoms with van der Waals surface area (Å²) >= 11 is 0. The second-order valence-corrected chi connectivity index (χ2v) is 4.27. The van der Waals surface area contributed by atoms with Crippen LogP contribution in [0.4, 0.5) is 5.82 Å². The first-order chi connectivity index (χ1) is 8.19. The Kier molecular flexibility index (Phi) is 3.46. The second kappa shape index (κ2) is 5.03. The maximum absolute atomic E-state index is 4.52. The summed E-state index contributed by atoms with van der Waals surface area (Å²) in [6.07, 6.45) is 5.04. The van der Waals surface area contributed by atoms with Crippen LogP contribution >= 0.6 is 0 Å². The van der Waals surface area contributed by atoms with Gasteiger partial charge in [-0.25, -0.2) is 0 Å². The van der Waals surface area contributed by atoms with Crippen molar-refractivity contribution in [2.45, 2.75) is 32.9 Å². The largest absolute Gasteiger partial charge is 0.363 e. The number of rotatable bonds is 5. The molecule has 2 aromatic heterocycles. The average Bonchev–Trinajstić information content (AvgIpc) is 2.94. The SMILES string of the molecule is CCC(C)n1ccc(CNc2ccn(C)n2)n1. The van der Waals surface area contributed by atoms with E-state index in [-0.39, 0.29) is 0 Å². The predicted molar refractivity (Wildman–Crippen MR) is 67.8 cm³/mol. The van der Waals surface area contributed by atoms with Crippen molar-refractivity contribution in [2.75, 3.05) is 5.32 Å². The number of nitrogens with one attached hydrogen (secondary N) is 1. The number of aromatic nitrogens is 4. The number of anilines is 1. The fourth-order valence-corrected chi connectivity index (χ4v) is 1.59. The van der Waals surface area contributed by atoms with E-state index in [2.05, 4.69) is 29.4 Å². The molecule has 92 valence electrons. The van der Waals surface area contributed by atoms with Crippen LogP contribution in [0.25, 0.3) is 0 Å². The highest BCUT2D eigenvalue weighted by Crippen LogP contribution is 2.10. The zero-order valence-electron chi connectivity index (χ0n) is 10.6. The van der Waals surface area contributed by atoms with Gasteiger partial charge in [0.1, 0.15) is 5.82 Å². The average molecular weight is 233 g/mol. The van der Waals surface area contributed by atoms with Crippen molar-refractivity contribution < 1.29 is 0 Å². The van der Waals surface area contributed by atoms with Crippen LogP contribution in [0.5, 0.6) is 0 Å². The molecule has 5 nitrogen and oxygen atoms in total. The Labute approximate surface area is 101 Å². The van der Waals surface area contributed by atoms with E-state index >= 15 is 0 Å². The van der Waals surface area contributed by atoms with Crippen LogP contribution < -0.4 is 5.32 Å². The molecule has 0 fully saturated rings. The fourth-order valence-electron chi connectivity index (χ4n) is 1.59. The molecule has 0 aliphatic heterocycles. The van der Waals surface area contributed by atoms with Gasteiger partial charge >= 0.3 is 0 Å². The molecule has 0 radical (unpaired) electrons. The minimum absolute atomic E-state index is 0.457. The second-order valence-electron chi connectivity index (χ2n) is 4.27. The third-order valence-corrected chi connectivity index (χ3v) is 2.87. The molecule has 0 amide bonds. The Hall–Kier alpha value is -1.78. The zero-order valence-corrected chi connectivity index (χ0v) is 10.6. The molecule has 2 rings (SSSR count). The lowest BCUT2D eigenvalue weighted by Crippen LogP contribution is -2.06. The van der Waals surface area contributed by atoms with Gasteiger partial charge in [0.05, 0.1) is 12.2 Å². The number of aryl methyl sites for hydroxylation is 1. The summed E-state index contributed by atoms with van der Waals surface area (Å²) in [6, 6.07) is 4.45. The molecule has 0 saturated carbocycles. The number of hydrogen-bond acceptors (Lipinski definition) is 3. The first-order valence-electron chi connectivity index (χ1n) is 5.96. The summed E-state index contributed by atoms with van der Waals surface area (Å²) in [7, 11) is 1.91. The lowest BCUT2D eigenvalue weighted by Gasteiger charge is -2.08. The van der Waals surface area contributed by atoms with E-state index in [4.69, 9.17) is 0 Å². The molecule has 0 bridgehead atoms. The summed E-state index contributed by atoms with van der Waals surface area (Å²) in [5.41, 5.74) is 1.04. The van der Waals surface area contributed by atoms with Crippen molar-refractivity contribution in [3.8, 4) is 0 Å². The van der Waals surface area contributed by atoms with Gasteiger partial charge in [0.25, 0.3) is 0 Å². The van der Waals surface area contributed by atoms with E-state index in [1.54, 1.807) is 4.68 Å².